The summed E-state index contributed by atoms with van der Waals surface area (Å²) < 4.78 is 0. The molecular weight excluding hydrogens is 260 g/mol. The molecular formula is C13H20N4O3. The summed E-state index contributed by atoms with van der Waals surface area (Å²) in [6, 6.07) is 3.31. The molecule has 2 rings (SSSR count). The number of hydrogen-bond acceptors (Lipinski definition) is 6. The van der Waals surface area contributed by atoms with E-state index in [1.165, 1.54) is 12.5 Å². The van der Waals surface area contributed by atoms with Crippen molar-refractivity contribution in [2.24, 2.45) is 0 Å². The number of nitrogens with two attached hydrogens (primary N) is 1. The van der Waals surface area contributed by atoms with Gasteiger partial charge in [0.2, 0.25) is 5.82 Å². The van der Waals surface area contributed by atoms with Gasteiger partial charge in [-0.2, -0.15) is 0 Å². The van der Waals surface area contributed by atoms with Gasteiger partial charge < -0.3 is 15.7 Å². The average Bonchev–Trinajstić information content (AvgIpc) is 2.45. The van der Waals surface area contributed by atoms with Gasteiger partial charge in [-0.15, -0.1) is 0 Å². The zero-order chi connectivity index (χ0) is 14.5. The van der Waals surface area contributed by atoms with Crippen molar-refractivity contribution in [3.8, 4) is 0 Å². The van der Waals surface area contributed by atoms with Gasteiger partial charge in [0.25, 0.3) is 0 Å². The Labute approximate surface area is 117 Å². The van der Waals surface area contributed by atoms with Crippen molar-refractivity contribution >= 4 is 17.3 Å². The molecule has 1 heterocycles. The topological polar surface area (TPSA) is 106 Å². The third-order valence-corrected chi connectivity index (χ3v) is 3.74. The highest BCUT2D eigenvalue weighted by atomic mass is 16.6. The van der Waals surface area contributed by atoms with E-state index in [0.29, 0.717) is 18.4 Å². The smallest absolute Gasteiger partial charge is 0.311 e. The van der Waals surface area contributed by atoms with Crippen LogP contribution in [0, 0.1) is 10.1 Å². The summed E-state index contributed by atoms with van der Waals surface area (Å²) in [6.45, 7) is 0.490. The molecule has 1 aliphatic rings. The third-order valence-electron chi connectivity index (χ3n) is 3.74. The van der Waals surface area contributed by atoms with E-state index in [9.17, 15) is 15.2 Å². The van der Waals surface area contributed by atoms with Crippen molar-refractivity contribution < 1.29 is 10.0 Å². The molecule has 0 atom stereocenters. The first kappa shape index (κ1) is 14.5. The van der Waals surface area contributed by atoms with Gasteiger partial charge in [0.05, 0.1) is 11.5 Å². The van der Waals surface area contributed by atoms with Crippen LogP contribution in [0.25, 0.3) is 0 Å². The van der Waals surface area contributed by atoms with Gasteiger partial charge in [-0.05, 0) is 18.9 Å². The second kappa shape index (κ2) is 6.51. The van der Waals surface area contributed by atoms with Crippen LogP contribution in [0.3, 0.4) is 0 Å². The molecule has 0 unspecified atom stereocenters. The zero-order valence-corrected chi connectivity index (χ0v) is 11.4. The average molecular weight is 280 g/mol. The normalized spacial score (nSPS) is 16.1. The zero-order valence-electron chi connectivity index (χ0n) is 11.4. The quantitative estimate of drug-likeness (QED) is 0.628. The minimum atomic E-state index is -0.539. The molecule has 1 fully saturated rings. The van der Waals surface area contributed by atoms with Crippen LogP contribution in [0.5, 0.6) is 0 Å². The number of nitrogens with zero attached hydrogens (tertiary/aromatic N) is 3. The third kappa shape index (κ3) is 3.16. The molecule has 110 valence electrons. The predicted molar refractivity (Wildman–Crippen MR) is 76.6 cm³/mol. The lowest BCUT2D eigenvalue weighted by molar-refractivity contribution is -0.384. The fourth-order valence-corrected chi connectivity index (χ4v) is 2.76. The molecule has 0 aliphatic heterocycles. The largest absolute Gasteiger partial charge is 0.395 e. The summed E-state index contributed by atoms with van der Waals surface area (Å²) in [7, 11) is 0. The Morgan fingerprint density at radius 1 is 1.40 bits per heavy atom. The first-order valence-electron chi connectivity index (χ1n) is 6.92. The Bertz CT molecular complexity index is 475. The Morgan fingerprint density at radius 3 is 2.65 bits per heavy atom. The van der Waals surface area contributed by atoms with Crippen molar-refractivity contribution in [1.82, 2.24) is 4.98 Å². The van der Waals surface area contributed by atoms with Crippen molar-refractivity contribution in [1.29, 1.82) is 0 Å². The van der Waals surface area contributed by atoms with Crippen molar-refractivity contribution in [3.05, 3.63) is 22.2 Å². The number of pyridine rings is 1. The highest BCUT2D eigenvalue weighted by Crippen LogP contribution is 2.28. The van der Waals surface area contributed by atoms with Crippen LogP contribution in [0.4, 0.5) is 17.3 Å². The summed E-state index contributed by atoms with van der Waals surface area (Å²) in [5, 5.41) is 20.0. The Morgan fingerprint density at radius 2 is 2.10 bits per heavy atom. The van der Waals surface area contributed by atoms with Gasteiger partial charge >= 0.3 is 5.69 Å². The van der Waals surface area contributed by atoms with E-state index in [2.05, 4.69) is 4.98 Å². The Hall–Kier alpha value is -1.89. The first-order valence-corrected chi connectivity index (χ1v) is 6.92. The molecule has 7 nitrogen and oxygen atoms in total. The fraction of sp³-hybridized carbons (Fsp3) is 0.615. The lowest BCUT2D eigenvalue weighted by Crippen LogP contribution is -2.39. The van der Waals surface area contributed by atoms with Crippen molar-refractivity contribution in [2.75, 3.05) is 23.8 Å². The number of aliphatic hydroxyl groups is 1. The summed E-state index contributed by atoms with van der Waals surface area (Å²) in [6.07, 6.45) is 5.67. The van der Waals surface area contributed by atoms with Gasteiger partial charge in [0.15, 0.2) is 0 Å². The summed E-state index contributed by atoms with van der Waals surface area (Å²) >= 11 is 0. The maximum absolute atomic E-state index is 10.8. The van der Waals surface area contributed by atoms with E-state index < -0.39 is 4.92 Å². The number of aromatic nitrogens is 1. The number of hydrogen-bond donors (Lipinski definition) is 2. The second-order valence-electron chi connectivity index (χ2n) is 5.04. The van der Waals surface area contributed by atoms with E-state index in [-0.39, 0.29) is 18.1 Å². The second-order valence-corrected chi connectivity index (χ2v) is 5.04. The van der Waals surface area contributed by atoms with E-state index in [1.807, 2.05) is 4.90 Å². The van der Waals surface area contributed by atoms with Gasteiger partial charge in [-0.25, -0.2) is 4.98 Å². The minimum Gasteiger partial charge on any atom is -0.395 e. The fourth-order valence-electron chi connectivity index (χ4n) is 2.76. The Kier molecular flexibility index (Phi) is 4.73. The molecule has 1 aromatic rings. The lowest BCUT2D eigenvalue weighted by atomic mass is 9.94. The van der Waals surface area contributed by atoms with Gasteiger partial charge in [-0.1, -0.05) is 19.3 Å². The SMILES string of the molecule is Nc1nc(N(CCO)C2CCCCC2)ccc1[N+](=O)[O-]. The van der Waals surface area contributed by atoms with Crippen LogP contribution >= 0.6 is 0 Å². The molecule has 0 saturated heterocycles. The highest BCUT2D eigenvalue weighted by Gasteiger charge is 2.23. The van der Waals surface area contributed by atoms with Crippen LogP contribution in [0.2, 0.25) is 0 Å². The molecule has 20 heavy (non-hydrogen) atoms. The van der Waals surface area contributed by atoms with Crippen LogP contribution in [0.1, 0.15) is 32.1 Å². The van der Waals surface area contributed by atoms with Gasteiger partial charge in [0.1, 0.15) is 5.82 Å². The van der Waals surface area contributed by atoms with Crippen LogP contribution in [-0.2, 0) is 0 Å². The maximum Gasteiger partial charge on any atom is 0.311 e. The molecule has 0 amide bonds. The van der Waals surface area contributed by atoms with E-state index in [4.69, 9.17) is 5.73 Å². The molecule has 0 aromatic carbocycles. The number of rotatable bonds is 5. The van der Waals surface area contributed by atoms with E-state index >= 15 is 0 Å². The van der Waals surface area contributed by atoms with Crippen LogP contribution < -0.4 is 10.6 Å². The van der Waals surface area contributed by atoms with Gasteiger partial charge in [-0.3, -0.25) is 10.1 Å². The summed E-state index contributed by atoms with van der Waals surface area (Å²) in [5.74, 6) is 0.528. The number of nitrogen functional groups attached to an aromatic ring is 1. The summed E-state index contributed by atoms with van der Waals surface area (Å²) in [4.78, 5) is 16.4. The van der Waals surface area contributed by atoms with E-state index in [0.717, 1.165) is 25.7 Å². The molecule has 1 aliphatic carbocycles. The predicted octanol–water partition coefficient (Wildman–Crippen LogP) is 1.70. The van der Waals surface area contributed by atoms with Crippen molar-refractivity contribution in [3.63, 3.8) is 0 Å². The summed E-state index contributed by atoms with van der Waals surface area (Å²) in [5.41, 5.74) is 5.46. The number of nitro groups is 1. The number of anilines is 2. The molecule has 1 aromatic heterocycles. The Balaban J connectivity index is 2.24. The molecule has 3 N–H and O–H groups in total. The molecule has 0 bridgehead atoms. The molecule has 0 radical (unpaired) electrons. The van der Waals surface area contributed by atoms with E-state index in [1.54, 1.807) is 6.07 Å². The lowest BCUT2D eigenvalue weighted by Gasteiger charge is -2.34. The molecule has 7 heteroatoms. The molecule has 0 spiro atoms. The van der Waals surface area contributed by atoms with Crippen molar-refractivity contribution in [2.45, 2.75) is 38.1 Å². The maximum atomic E-state index is 10.8. The first-order chi connectivity index (χ1) is 9.63. The van der Waals surface area contributed by atoms with Gasteiger partial charge in [0, 0.05) is 18.7 Å². The standard InChI is InChI=1S/C13H20N4O3/c14-13-11(17(19)20)6-7-12(15-13)16(8-9-18)10-4-2-1-3-5-10/h6-7,10,18H,1-5,8-9H2,(H2,14,15). The van der Waals surface area contributed by atoms with Crippen LogP contribution in [-0.4, -0.2) is 34.2 Å². The van der Waals surface area contributed by atoms with Crippen LogP contribution in [0.15, 0.2) is 12.1 Å². The molecule has 1 saturated carbocycles. The minimum absolute atomic E-state index is 0.0229. The monoisotopic (exact) mass is 280 g/mol. The number of aliphatic hydroxyl groups excluding tert-OH is 1. The highest BCUT2D eigenvalue weighted by molar-refractivity contribution is 5.58.